The van der Waals surface area contributed by atoms with Crippen LogP contribution in [0.1, 0.15) is 92.9 Å². The average molecular weight is 311 g/mol. The molecule has 0 aromatic rings. The van der Waals surface area contributed by atoms with E-state index >= 15 is 0 Å². The van der Waals surface area contributed by atoms with Crippen molar-refractivity contribution in [2.45, 2.75) is 102 Å². The topological polar surface area (TPSA) is 0 Å². The van der Waals surface area contributed by atoms with Crippen molar-refractivity contribution in [2.75, 3.05) is 0 Å². The Kier molecular flexibility index (Phi) is 5.77. The predicted molar refractivity (Wildman–Crippen MR) is 98.0 cm³/mol. The van der Waals surface area contributed by atoms with E-state index in [-0.39, 0.29) is 0 Å². The second-order valence-corrected chi connectivity index (χ2v) is 10.3. The molecular formula is C20H38S. The fraction of sp³-hybridized carbons (Fsp3) is 1.00. The SMILES string of the molecule is CC(C)C1(SC2(C(C)C)CCCCC2C)CCCCC1C. The molecule has 2 aliphatic rings. The van der Waals surface area contributed by atoms with Crippen LogP contribution in [0, 0.1) is 23.7 Å². The van der Waals surface area contributed by atoms with Crippen molar-refractivity contribution in [1.82, 2.24) is 0 Å². The van der Waals surface area contributed by atoms with Crippen LogP contribution in [0.5, 0.6) is 0 Å². The maximum Gasteiger partial charge on any atom is 0.0214 e. The molecule has 0 saturated heterocycles. The van der Waals surface area contributed by atoms with Gasteiger partial charge in [0.1, 0.15) is 0 Å². The first-order valence-corrected chi connectivity index (χ1v) is 10.4. The molecule has 2 fully saturated rings. The van der Waals surface area contributed by atoms with E-state index in [9.17, 15) is 0 Å². The third-order valence-electron chi connectivity index (χ3n) is 6.91. The summed E-state index contributed by atoms with van der Waals surface area (Å²) < 4.78 is 1.07. The molecule has 0 amide bonds. The van der Waals surface area contributed by atoms with Crippen molar-refractivity contribution in [2.24, 2.45) is 23.7 Å². The monoisotopic (exact) mass is 310 g/mol. The van der Waals surface area contributed by atoms with Crippen molar-refractivity contribution < 1.29 is 0 Å². The average Bonchev–Trinajstić information content (AvgIpc) is 2.43. The third kappa shape index (κ3) is 3.19. The summed E-state index contributed by atoms with van der Waals surface area (Å²) in [7, 11) is 0. The van der Waals surface area contributed by atoms with Crippen molar-refractivity contribution >= 4 is 11.8 Å². The Hall–Kier alpha value is 0.350. The molecule has 0 nitrogen and oxygen atoms in total. The number of rotatable bonds is 4. The van der Waals surface area contributed by atoms with Gasteiger partial charge in [-0.25, -0.2) is 0 Å². The lowest BCUT2D eigenvalue weighted by Gasteiger charge is -2.55. The van der Waals surface area contributed by atoms with Gasteiger partial charge in [0.05, 0.1) is 0 Å². The Bertz CT molecular complexity index is 303. The van der Waals surface area contributed by atoms with Crippen LogP contribution < -0.4 is 0 Å². The molecule has 2 rings (SSSR count). The van der Waals surface area contributed by atoms with Crippen LogP contribution in [0.15, 0.2) is 0 Å². The molecule has 4 atom stereocenters. The van der Waals surface area contributed by atoms with E-state index in [1.54, 1.807) is 0 Å². The van der Waals surface area contributed by atoms with Gasteiger partial charge in [0.15, 0.2) is 0 Å². The van der Waals surface area contributed by atoms with E-state index in [4.69, 9.17) is 0 Å². The number of hydrogen-bond acceptors (Lipinski definition) is 1. The van der Waals surface area contributed by atoms with Gasteiger partial charge >= 0.3 is 0 Å². The quantitative estimate of drug-likeness (QED) is 0.542. The molecule has 0 radical (unpaired) electrons. The summed E-state index contributed by atoms with van der Waals surface area (Å²) in [6.45, 7) is 15.1. The predicted octanol–water partition coefficient (Wildman–Crippen LogP) is 6.93. The van der Waals surface area contributed by atoms with E-state index < -0.39 is 0 Å². The second kappa shape index (κ2) is 6.85. The van der Waals surface area contributed by atoms with E-state index in [0.29, 0.717) is 9.49 Å². The van der Waals surface area contributed by atoms with Gasteiger partial charge in [-0.3, -0.25) is 0 Å². The van der Waals surface area contributed by atoms with E-state index in [1.165, 1.54) is 51.4 Å². The highest BCUT2D eigenvalue weighted by Crippen LogP contribution is 2.60. The van der Waals surface area contributed by atoms with Crippen LogP contribution in [0.4, 0.5) is 0 Å². The lowest BCUT2D eigenvalue weighted by Crippen LogP contribution is -2.50. The standard InChI is InChI=1S/C20H38S/c1-15(2)19(13-9-7-11-17(19)5)21-20(16(3)4)14-10-8-12-18(20)6/h15-18H,7-14H2,1-6H3. The molecule has 2 aliphatic carbocycles. The summed E-state index contributed by atoms with van der Waals surface area (Å²) in [5, 5.41) is 0. The molecule has 124 valence electrons. The highest BCUT2D eigenvalue weighted by molar-refractivity contribution is 8.02. The van der Waals surface area contributed by atoms with Crippen molar-refractivity contribution in [3.8, 4) is 0 Å². The van der Waals surface area contributed by atoms with Crippen LogP contribution in [-0.2, 0) is 0 Å². The Morgan fingerprint density at radius 3 is 1.38 bits per heavy atom. The normalized spacial score (nSPS) is 41.7. The van der Waals surface area contributed by atoms with Gasteiger partial charge < -0.3 is 0 Å². The molecule has 0 spiro atoms. The van der Waals surface area contributed by atoms with Crippen LogP contribution in [0.25, 0.3) is 0 Å². The van der Waals surface area contributed by atoms with Crippen LogP contribution in [0.3, 0.4) is 0 Å². The van der Waals surface area contributed by atoms with E-state index in [1.807, 2.05) is 0 Å². The minimum atomic E-state index is 0.536. The lowest BCUT2D eigenvalue weighted by atomic mass is 9.72. The van der Waals surface area contributed by atoms with Gasteiger partial charge in [-0.1, -0.05) is 67.2 Å². The van der Waals surface area contributed by atoms with Gasteiger partial charge in [-0.05, 0) is 49.4 Å². The fourth-order valence-corrected chi connectivity index (χ4v) is 7.60. The first-order chi connectivity index (χ1) is 9.85. The van der Waals surface area contributed by atoms with Crippen molar-refractivity contribution in [1.29, 1.82) is 0 Å². The largest absolute Gasteiger partial charge is 0.147 e. The maximum absolute atomic E-state index is 2.55. The van der Waals surface area contributed by atoms with Gasteiger partial charge in [-0.2, -0.15) is 0 Å². The van der Waals surface area contributed by atoms with Crippen molar-refractivity contribution in [3.05, 3.63) is 0 Å². The summed E-state index contributed by atoms with van der Waals surface area (Å²) in [6.07, 6.45) is 11.6. The first-order valence-electron chi connectivity index (χ1n) is 9.55. The molecule has 2 saturated carbocycles. The van der Waals surface area contributed by atoms with Crippen LogP contribution in [0.2, 0.25) is 0 Å². The van der Waals surface area contributed by atoms with Gasteiger partial charge in [-0.15, -0.1) is 11.8 Å². The van der Waals surface area contributed by atoms with Gasteiger partial charge in [0.25, 0.3) is 0 Å². The number of hydrogen-bond donors (Lipinski definition) is 0. The summed E-state index contributed by atoms with van der Waals surface area (Å²) in [6, 6.07) is 0. The molecule has 0 N–H and O–H groups in total. The summed E-state index contributed by atoms with van der Waals surface area (Å²) in [5.41, 5.74) is 0. The highest BCUT2D eigenvalue weighted by Gasteiger charge is 2.51. The van der Waals surface area contributed by atoms with E-state index in [2.05, 4.69) is 53.3 Å². The molecule has 1 heteroatoms. The maximum atomic E-state index is 2.55. The minimum Gasteiger partial charge on any atom is -0.147 e. The lowest BCUT2D eigenvalue weighted by molar-refractivity contribution is 0.203. The zero-order valence-corrected chi connectivity index (χ0v) is 16.2. The Labute approximate surface area is 138 Å². The molecule has 0 aromatic carbocycles. The third-order valence-corrected chi connectivity index (χ3v) is 9.83. The summed E-state index contributed by atoms with van der Waals surface area (Å²) in [4.78, 5) is 0. The smallest absolute Gasteiger partial charge is 0.0214 e. The molecule has 21 heavy (non-hydrogen) atoms. The van der Waals surface area contributed by atoms with Crippen LogP contribution >= 0.6 is 11.8 Å². The Morgan fingerprint density at radius 2 is 1.10 bits per heavy atom. The molecule has 0 aliphatic heterocycles. The fourth-order valence-electron chi connectivity index (χ4n) is 5.29. The molecular weight excluding hydrogens is 272 g/mol. The van der Waals surface area contributed by atoms with Crippen LogP contribution in [-0.4, -0.2) is 9.49 Å². The molecule has 0 bridgehead atoms. The molecule has 0 aromatic heterocycles. The minimum absolute atomic E-state index is 0.536. The van der Waals surface area contributed by atoms with E-state index in [0.717, 1.165) is 23.7 Å². The second-order valence-electron chi connectivity index (χ2n) is 8.62. The number of thioether (sulfide) groups is 1. The Balaban J connectivity index is 2.32. The molecule has 0 heterocycles. The van der Waals surface area contributed by atoms with Crippen molar-refractivity contribution in [3.63, 3.8) is 0 Å². The molecule has 4 unspecified atom stereocenters. The van der Waals surface area contributed by atoms with Gasteiger partial charge in [0, 0.05) is 9.49 Å². The highest BCUT2D eigenvalue weighted by atomic mass is 32.2. The Morgan fingerprint density at radius 1 is 0.714 bits per heavy atom. The first kappa shape index (κ1) is 17.7. The zero-order chi connectivity index (χ0) is 15.7. The summed E-state index contributed by atoms with van der Waals surface area (Å²) in [5.74, 6) is 3.40. The zero-order valence-electron chi connectivity index (χ0n) is 15.4. The van der Waals surface area contributed by atoms with Gasteiger partial charge in [0.2, 0.25) is 0 Å². The summed E-state index contributed by atoms with van der Waals surface area (Å²) >= 11 is 2.47.